The summed E-state index contributed by atoms with van der Waals surface area (Å²) in [6, 6.07) is 0. The van der Waals surface area contributed by atoms with Crippen molar-refractivity contribution in [1.29, 1.82) is 0 Å². The lowest BCUT2D eigenvalue weighted by molar-refractivity contribution is -0.143. The fourth-order valence-electron chi connectivity index (χ4n) is 2.67. The van der Waals surface area contributed by atoms with Gasteiger partial charge in [-0.15, -0.1) is 0 Å². The SMILES string of the molecule is O=C(O)[C@H]1CC[C@@H](C(=O)NOC2CCCC2)C1. The Bertz CT molecular complexity index is 299. The highest BCUT2D eigenvalue weighted by atomic mass is 16.7. The van der Waals surface area contributed by atoms with E-state index in [1.807, 2.05) is 0 Å². The van der Waals surface area contributed by atoms with Gasteiger partial charge in [-0.3, -0.25) is 14.4 Å². The van der Waals surface area contributed by atoms with Gasteiger partial charge in [0.25, 0.3) is 0 Å². The van der Waals surface area contributed by atoms with E-state index >= 15 is 0 Å². The average Bonchev–Trinajstić information content (AvgIpc) is 2.96. The van der Waals surface area contributed by atoms with Crippen LogP contribution in [0.1, 0.15) is 44.9 Å². The van der Waals surface area contributed by atoms with Crippen LogP contribution in [0.25, 0.3) is 0 Å². The molecule has 0 saturated heterocycles. The number of amides is 1. The minimum absolute atomic E-state index is 0.149. The summed E-state index contributed by atoms with van der Waals surface area (Å²) in [5, 5.41) is 8.85. The zero-order valence-corrected chi connectivity index (χ0v) is 9.85. The molecule has 96 valence electrons. The number of carbonyl (C=O) groups is 2. The lowest BCUT2D eigenvalue weighted by atomic mass is 10.1. The average molecular weight is 241 g/mol. The summed E-state index contributed by atoms with van der Waals surface area (Å²) in [6.07, 6.45) is 6.15. The zero-order chi connectivity index (χ0) is 12.3. The Labute approximate surface area is 100 Å². The van der Waals surface area contributed by atoms with Crippen LogP contribution in [0.2, 0.25) is 0 Å². The summed E-state index contributed by atoms with van der Waals surface area (Å²) in [4.78, 5) is 27.8. The van der Waals surface area contributed by atoms with E-state index in [0.29, 0.717) is 19.3 Å². The van der Waals surface area contributed by atoms with E-state index in [0.717, 1.165) is 25.7 Å². The first-order valence-electron chi connectivity index (χ1n) is 6.35. The number of aliphatic carboxylic acids is 1. The molecule has 0 heterocycles. The predicted octanol–water partition coefficient (Wildman–Crippen LogP) is 1.48. The Kier molecular flexibility index (Phi) is 3.99. The second-order valence-corrected chi connectivity index (χ2v) is 5.04. The molecule has 0 radical (unpaired) electrons. The molecule has 0 aromatic carbocycles. The molecule has 2 fully saturated rings. The van der Waals surface area contributed by atoms with E-state index in [4.69, 9.17) is 9.94 Å². The highest BCUT2D eigenvalue weighted by Crippen LogP contribution is 2.31. The molecule has 5 nitrogen and oxygen atoms in total. The lowest BCUT2D eigenvalue weighted by Crippen LogP contribution is -2.33. The molecule has 0 aliphatic heterocycles. The van der Waals surface area contributed by atoms with Crippen molar-refractivity contribution in [2.75, 3.05) is 0 Å². The summed E-state index contributed by atoms with van der Waals surface area (Å²) in [5.74, 6) is -1.51. The highest BCUT2D eigenvalue weighted by Gasteiger charge is 2.34. The first-order chi connectivity index (χ1) is 8.16. The number of hydrogen-bond donors (Lipinski definition) is 2. The topological polar surface area (TPSA) is 75.6 Å². The maximum Gasteiger partial charge on any atom is 0.306 e. The van der Waals surface area contributed by atoms with Crippen LogP contribution in [0, 0.1) is 11.8 Å². The Hall–Kier alpha value is -1.10. The quantitative estimate of drug-likeness (QED) is 0.731. The Morgan fingerprint density at radius 1 is 1.06 bits per heavy atom. The van der Waals surface area contributed by atoms with Gasteiger partial charge in [-0.2, -0.15) is 0 Å². The van der Waals surface area contributed by atoms with Gasteiger partial charge in [0.15, 0.2) is 0 Å². The van der Waals surface area contributed by atoms with Crippen LogP contribution in [-0.2, 0) is 14.4 Å². The summed E-state index contributed by atoms with van der Waals surface area (Å²) >= 11 is 0. The Balaban J connectivity index is 1.71. The van der Waals surface area contributed by atoms with E-state index in [-0.39, 0.29) is 23.8 Å². The third-order valence-electron chi connectivity index (χ3n) is 3.78. The maximum absolute atomic E-state index is 11.7. The third kappa shape index (κ3) is 3.19. The van der Waals surface area contributed by atoms with Crippen molar-refractivity contribution < 1.29 is 19.5 Å². The number of hydrogen-bond acceptors (Lipinski definition) is 3. The van der Waals surface area contributed by atoms with Crippen molar-refractivity contribution in [2.24, 2.45) is 11.8 Å². The fourth-order valence-corrected chi connectivity index (χ4v) is 2.67. The summed E-state index contributed by atoms with van der Waals surface area (Å²) < 4.78 is 0. The van der Waals surface area contributed by atoms with Gasteiger partial charge in [-0.05, 0) is 32.1 Å². The Morgan fingerprint density at radius 2 is 1.71 bits per heavy atom. The molecule has 2 saturated carbocycles. The zero-order valence-electron chi connectivity index (χ0n) is 9.85. The molecule has 2 rings (SSSR count). The van der Waals surface area contributed by atoms with Crippen molar-refractivity contribution in [1.82, 2.24) is 5.48 Å². The molecule has 1 amide bonds. The van der Waals surface area contributed by atoms with Crippen LogP contribution in [0.4, 0.5) is 0 Å². The fraction of sp³-hybridized carbons (Fsp3) is 0.833. The van der Waals surface area contributed by atoms with Crippen LogP contribution in [0.15, 0.2) is 0 Å². The van der Waals surface area contributed by atoms with Crippen LogP contribution < -0.4 is 5.48 Å². The standard InChI is InChI=1S/C12H19NO4/c14-11(13-17-10-3-1-2-4-10)8-5-6-9(7-8)12(15)16/h8-10H,1-7H2,(H,13,14)(H,15,16)/t8-,9+/m1/s1. The molecular weight excluding hydrogens is 222 g/mol. The number of carbonyl (C=O) groups excluding carboxylic acids is 1. The van der Waals surface area contributed by atoms with Gasteiger partial charge >= 0.3 is 5.97 Å². The number of carboxylic acids is 1. The monoisotopic (exact) mass is 241 g/mol. The van der Waals surface area contributed by atoms with Crippen LogP contribution >= 0.6 is 0 Å². The second kappa shape index (κ2) is 5.49. The molecule has 5 heteroatoms. The molecule has 17 heavy (non-hydrogen) atoms. The van der Waals surface area contributed by atoms with E-state index in [9.17, 15) is 9.59 Å². The van der Waals surface area contributed by atoms with E-state index < -0.39 is 5.97 Å². The van der Waals surface area contributed by atoms with Gasteiger partial charge in [0.05, 0.1) is 12.0 Å². The molecule has 2 atom stereocenters. The molecule has 0 spiro atoms. The van der Waals surface area contributed by atoms with Crippen LogP contribution in [0.3, 0.4) is 0 Å². The van der Waals surface area contributed by atoms with Crippen LogP contribution in [-0.4, -0.2) is 23.1 Å². The number of rotatable bonds is 4. The van der Waals surface area contributed by atoms with E-state index in [1.54, 1.807) is 0 Å². The predicted molar refractivity (Wildman–Crippen MR) is 60.0 cm³/mol. The van der Waals surface area contributed by atoms with Gasteiger partial charge in [0.2, 0.25) is 5.91 Å². The summed E-state index contributed by atoms with van der Waals surface area (Å²) in [6.45, 7) is 0. The number of nitrogens with one attached hydrogen (secondary N) is 1. The molecule has 0 aromatic heterocycles. The minimum Gasteiger partial charge on any atom is -0.481 e. The van der Waals surface area contributed by atoms with Crippen molar-refractivity contribution in [3.8, 4) is 0 Å². The third-order valence-corrected chi connectivity index (χ3v) is 3.78. The van der Waals surface area contributed by atoms with E-state index in [2.05, 4.69) is 5.48 Å². The first kappa shape index (κ1) is 12.4. The summed E-state index contributed by atoms with van der Waals surface area (Å²) in [7, 11) is 0. The maximum atomic E-state index is 11.7. The Morgan fingerprint density at radius 3 is 2.29 bits per heavy atom. The number of hydroxylamine groups is 1. The molecule has 0 unspecified atom stereocenters. The minimum atomic E-state index is -0.794. The molecular formula is C12H19NO4. The van der Waals surface area contributed by atoms with Gasteiger partial charge in [0, 0.05) is 5.92 Å². The normalized spacial score (nSPS) is 29.4. The second-order valence-electron chi connectivity index (χ2n) is 5.04. The van der Waals surface area contributed by atoms with Crippen molar-refractivity contribution in [3.05, 3.63) is 0 Å². The number of carboxylic acid groups (broad SMARTS) is 1. The van der Waals surface area contributed by atoms with Gasteiger partial charge in [-0.1, -0.05) is 12.8 Å². The lowest BCUT2D eigenvalue weighted by Gasteiger charge is -2.14. The van der Waals surface area contributed by atoms with Crippen molar-refractivity contribution in [2.45, 2.75) is 51.0 Å². The molecule has 2 aliphatic rings. The first-order valence-corrected chi connectivity index (χ1v) is 6.35. The largest absolute Gasteiger partial charge is 0.481 e. The van der Waals surface area contributed by atoms with Gasteiger partial charge in [0.1, 0.15) is 0 Å². The van der Waals surface area contributed by atoms with Crippen molar-refractivity contribution >= 4 is 11.9 Å². The van der Waals surface area contributed by atoms with Crippen molar-refractivity contribution in [3.63, 3.8) is 0 Å². The molecule has 0 aromatic rings. The molecule has 0 bridgehead atoms. The van der Waals surface area contributed by atoms with Crippen LogP contribution in [0.5, 0.6) is 0 Å². The van der Waals surface area contributed by atoms with Gasteiger partial charge < -0.3 is 5.11 Å². The summed E-state index contributed by atoms with van der Waals surface area (Å²) in [5.41, 5.74) is 2.49. The van der Waals surface area contributed by atoms with Gasteiger partial charge in [-0.25, -0.2) is 5.48 Å². The smallest absolute Gasteiger partial charge is 0.306 e. The molecule has 2 N–H and O–H groups in total. The van der Waals surface area contributed by atoms with E-state index in [1.165, 1.54) is 0 Å². The highest BCUT2D eigenvalue weighted by molar-refractivity contribution is 5.80. The molecule has 2 aliphatic carbocycles.